The topological polar surface area (TPSA) is 117 Å². The fraction of sp³-hybridized carbons (Fsp3) is 0.0769. The molecule has 3 N–H and O–H groups in total. The molecule has 0 saturated carbocycles. The lowest BCUT2D eigenvalue weighted by Gasteiger charge is -2.08. The van der Waals surface area contributed by atoms with Crippen molar-refractivity contribution in [3.8, 4) is 5.75 Å². The Morgan fingerprint density at radius 1 is 1.25 bits per heavy atom. The molecule has 2 aromatic heterocycles. The molecule has 2 heterocycles. The van der Waals surface area contributed by atoms with Crippen molar-refractivity contribution >= 4 is 56.9 Å². The average molecular weight is 389 g/mol. The molecule has 8 nitrogen and oxygen atoms in total. The van der Waals surface area contributed by atoms with Gasteiger partial charge in [0.15, 0.2) is 11.4 Å². The van der Waals surface area contributed by atoms with Crippen molar-refractivity contribution < 1.29 is 18.1 Å². The molecular weight excluding hydrogens is 379 g/mol. The first-order valence-corrected chi connectivity index (χ1v) is 8.59. The van der Waals surface area contributed by atoms with Gasteiger partial charge in [0.05, 0.1) is 15.7 Å². The van der Waals surface area contributed by atoms with Gasteiger partial charge in [-0.25, -0.2) is 0 Å². The smallest absolute Gasteiger partial charge is 0.330 e. The highest BCUT2D eigenvalue weighted by molar-refractivity contribution is 7.85. The van der Waals surface area contributed by atoms with Crippen LogP contribution in [-0.4, -0.2) is 32.7 Å². The molecule has 0 unspecified atom stereocenters. The molecule has 126 valence electrons. The highest BCUT2D eigenvalue weighted by Crippen LogP contribution is 2.36. The molecule has 0 fully saturated rings. The fourth-order valence-electron chi connectivity index (χ4n) is 2.25. The standard InChI is InChI=1S/C13H10Cl2N4O4S/c1-5-6(2)19-12(17-18-13(19)24(21,22)23)10(5)16-7-3-8(14)11(20)9(15)4-7/h3-4,16,20H,2H2,1H3,(H,21,22,23). The minimum atomic E-state index is -4.56. The lowest BCUT2D eigenvalue weighted by Crippen LogP contribution is -2.15. The van der Waals surface area contributed by atoms with E-state index in [0.29, 0.717) is 22.3 Å². The maximum Gasteiger partial charge on any atom is 0.330 e. The number of rotatable bonds is 3. The monoisotopic (exact) mass is 388 g/mol. The summed E-state index contributed by atoms with van der Waals surface area (Å²) in [5.74, 6) is -0.248. The third-order valence-electron chi connectivity index (χ3n) is 3.45. The minimum Gasteiger partial charge on any atom is -0.505 e. The SMILES string of the molecule is C=c1c(C)c(Nc2cc(Cl)c(O)c(Cl)c2)c2nnc(S(=O)(=O)O)n12. The molecule has 0 aliphatic rings. The van der Waals surface area contributed by atoms with Gasteiger partial charge >= 0.3 is 10.1 Å². The summed E-state index contributed by atoms with van der Waals surface area (Å²) in [6.07, 6.45) is 0. The molecule has 0 aliphatic carbocycles. The van der Waals surface area contributed by atoms with Gasteiger partial charge in [-0.3, -0.25) is 8.95 Å². The van der Waals surface area contributed by atoms with E-state index in [2.05, 4.69) is 22.1 Å². The highest BCUT2D eigenvalue weighted by atomic mass is 35.5. The van der Waals surface area contributed by atoms with Gasteiger partial charge in [0.25, 0.3) is 5.16 Å². The van der Waals surface area contributed by atoms with Crippen molar-refractivity contribution in [2.45, 2.75) is 12.1 Å². The van der Waals surface area contributed by atoms with Crippen LogP contribution in [0.15, 0.2) is 17.3 Å². The van der Waals surface area contributed by atoms with Gasteiger partial charge in [-0.2, -0.15) is 8.42 Å². The van der Waals surface area contributed by atoms with Crippen LogP contribution in [0.2, 0.25) is 10.0 Å². The first-order chi connectivity index (χ1) is 11.1. The van der Waals surface area contributed by atoms with Gasteiger partial charge in [0, 0.05) is 11.0 Å². The predicted molar refractivity (Wildman–Crippen MR) is 89.7 cm³/mol. The molecule has 0 spiro atoms. The molecular formula is C13H10Cl2N4O4S. The minimum absolute atomic E-state index is 0.0418. The Morgan fingerprint density at radius 2 is 1.83 bits per heavy atom. The molecule has 0 aliphatic heterocycles. The van der Waals surface area contributed by atoms with Crippen molar-refractivity contribution in [1.82, 2.24) is 14.6 Å². The summed E-state index contributed by atoms with van der Waals surface area (Å²) in [4.78, 5) is 0. The molecule has 3 aromatic rings. The quantitative estimate of drug-likeness (QED) is 0.464. The number of aromatic hydroxyl groups is 1. The van der Waals surface area contributed by atoms with E-state index in [-0.39, 0.29) is 21.4 Å². The zero-order valence-electron chi connectivity index (χ0n) is 12.1. The Labute approximate surface area is 146 Å². The van der Waals surface area contributed by atoms with E-state index in [9.17, 15) is 18.1 Å². The molecule has 0 radical (unpaired) electrons. The summed E-state index contributed by atoms with van der Waals surface area (Å²) >= 11 is 11.8. The zero-order chi connectivity index (χ0) is 17.8. The lowest BCUT2D eigenvalue weighted by atomic mass is 10.2. The van der Waals surface area contributed by atoms with Crippen LogP contribution in [0.3, 0.4) is 0 Å². The lowest BCUT2D eigenvalue weighted by molar-refractivity contribution is 0.472. The van der Waals surface area contributed by atoms with Crippen LogP contribution in [0.25, 0.3) is 12.2 Å². The molecule has 1 aromatic carbocycles. The normalized spacial score (nSPS) is 12.0. The van der Waals surface area contributed by atoms with Crippen molar-refractivity contribution in [2.24, 2.45) is 0 Å². The Morgan fingerprint density at radius 3 is 2.38 bits per heavy atom. The maximum atomic E-state index is 11.4. The van der Waals surface area contributed by atoms with Gasteiger partial charge in [0.2, 0.25) is 0 Å². The van der Waals surface area contributed by atoms with E-state index < -0.39 is 15.3 Å². The van der Waals surface area contributed by atoms with Crippen LogP contribution in [0.5, 0.6) is 5.75 Å². The van der Waals surface area contributed by atoms with Crippen molar-refractivity contribution in [1.29, 1.82) is 0 Å². The molecule has 24 heavy (non-hydrogen) atoms. The number of anilines is 2. The van der Waals surface area contributed by atoms with Crippen molar-refractivity contribution in [3.63, 3.8) is 0 Å². The van der Waals surface area contributed by atoms with Crippen LogP contribution < -0.4 is 10.7 Å². The number of halogens is 2. The average Bonchev–Trinajstić information content (AvgIpc) is 3.01. The van der Waals surface area contributed by atoms with Crippen LogP contribution in [0.1, 0.15) is 5.56 Å². The molecule has 0 atom stereocenters. The number of phenols is 1. The Bertz CT molecular complexity index is 1100. The van der Waals surface area contributed by atoms with E-state index >= 15 is 0 Å². The first kappa shape index (κ1) is 16.8. The van der Waals surface area contributed by atoms with Crippen molar-refractivity contribution in [2.75, 3.05) is 5.32 Å². The van der Waals surface area contributed by atoms with Gasteiger partial charge in [0.1, 0.15) is 0 Å². The van der Waals surface area contributed by atoms with Crippen LogP contribution in [-0.2, 0) is 10.1 Å². The van der Waals surface area contributed by atoms with E-state index in [1.54, 1.807) is 6.92 Å². The summed E-state index contributed by atoms with van der Waals surface area (Å²) < 4.78 is 33.1. The fourth-order valence-corrected chi connectivity index (χ4v) is 3.31. The van der Waals surface area contributed by atoms with Crippen LogP contribution in [0, 0.1) is 6.92 Å². The molecule has 0 amide bonds. The second-order valence-corrected chi connectivity index (χ2v) is 7.11. The predicted octanol–water partition coefficient (Wildman–Crippen LogP) is 2.17. The number of aromatic nitrogens is 3. The van der Waals surface area contributed by atoms with Crippen molar-refractivity contribution in [3.05, 3.63) is 33.1 Å². The third-order valence-corrected chi connectivity index (χ3v) is 4.75. The molecule has 11 heteroatoms. The van der Waals surface area contributed by atoms with E-state index in [1.807, 2.05) is 0 Å². The van der Waals surface area contributed by atoms with Gasteiger partial charge in [-0.05, 0) is 24.6 Å². The number of phenolic OH excluding ortho intramolecular Hbond substituents is 1. The van der Waals surface area contributed by atoms with Gasteiger partial charge in [-0.15, -0.1) is 10.2 Å². The summed E-state index contributed by atoms with van der Waals surface area (Å²) in [6.45, 7) is 5.47. The summed E-state index contributed by atoms with van der Waals surface area (Å²) in [7, 11) is -4.56. The largest absolute Gasteiger partial charge is 0.505 e. The summed E-state index contributed by atoms with van der Waals surface area (Å²) in [5.41, 5.74) is 1.60. The molecule has 0 saturated heterocycles. The van der Waals surface area contributed by atoms with Crippen LogP contribution in [0.4, 0.5) is 11.4 Å². The second kappa shape index (κ2) is 5.49. The summed E-state index contributed by atoms with van der Waals surface area (Å²) in [6, 6.07) is 2.88. The molecule has 0 bridgehead atoms. The van der Waals surface area contributed by atoms with E-state index in [1.165, 1.54) is 12.1 Å². The number of hydrogen-bond acceptors (Lipinski definition) is 6. The Hall–Kier alpha value is -2.07. The number of fused-ring (bicyclic) bond motifs is 1. The second-order valence-electron chi connectivity index (χ2n) is 4.98. The third kappa shape index (κ3) is 2.55. The number of nitrogens with one attached hydrogen (secondary N) is 1. The van der Waals surface area contributed by atoms with Gasteiger partial charge < -0.3 is 10.4 Å². The highest BCUT2D eigenvalue weighted by Gasteiger charge is 2.24. The van der Waals surface area contributed by atoms with Gasteiger partial charge in [-0.1, -0.05) is 29.8 Å². The van der Waals surface area contributed by atoms with E-state index in [4.69, 9.17) is 23.2 Å². The van der Waals surface area contributed by atoms with E-state index in [0.717, 1.165) is 4.40 Å². The number of nitrogens with zero attached hydrogens (tertiary/aromatic N) is 3. The molecule has 3 rings (SSSR count). The first-order valence-electron chi connectivity index (χ1n) is 6.40. The zero-order valence-corrected chi connectivity index (χ0v) is 14.4. The Kier molecular flexibility index (Phi) is 3.83. The summed E-state index contributed by atoms with van der Waals surface area (Å²) in [5, 5.41) is 19.6. The number of benzene rings is 1. The van der Waals surface area contributed by atoms with Crippen LogP contribution >= 0.6 is 23.2 Å². The number of hydrogen-bond donors (Lipinski definition) is 3. The maximum absolute atomic E-state index is 11.4. The Balaban J connectivity index is 2.20.